The minimum atomic E-state index is -2.00. The van der Waals surface area contributed by atoms with Crippen molar-refractivity contribution in [3.8, 4) is 0 Å². The van der Waals surface area contributed by atoms with Crippen LogP contribution in [0.5, 0.6) is 0 Å². The molecule has 0 aromatic carbocycles. The van der Waals surface area contributed by atoms with Gasteiger partial charge in [0.05, 0.1) is 0 Å². The molecule has 0 heterocycles. The predicted molar refractivity (Wildman–Crippen MR) is 8.24 cm³/mol. The van der Waals surface area contributed by atoms with Crippen LogP contribution in [0.4, 0.5) is 0 Å². The van der Waals surface area contributed by atoms with Crippen LogP contribution in [-0.2, 0) is 7.56 Å². The van der Waals surface area contributed by atoms with E-state index >= 15 is 0 Å². The van der Waals surface area contributed by atoms with Gasteiger partial charge in [-0.25, -0.2) is 0 Å². The fourth-order valence-corrected chi connectivity index (χ4v) is 0. The summed E-state index contributed by atoms with van der Waals surface area (Å²) in [4.78, 5) is 0. The van der Waals surface area contributed by atoms with E-state index in [1.54, 1.807) is 0 Å². The molecule has 0 rings (SSSR count). The van der Waals surface area contributed by atoms with Crippen LogP contribution >= 0.6 is 0 Å². The third kappa shape index (κ3) is 26.7. The van der Waals surface area contributed by atoms with E-state index < -0.39 is 15.3 Å². The molecule has 24 valence electrons. The molecular formula is HClGeO2. The summed E-state index contributed by atoms with van der Waals surface area (Å²) in [5.41, 5.74) is 0. The van der Waals surface area contributed by atoms with Crippen LogP contribution < -0.4 is 12.4 Å². The molecule has 0 unspecified atom stereocenters. The SMILES string of the molecule is [Cl-].[H+].[O]=[Ge]=[O]. The standard InChI is InChI=1S/ClH.GeO2/c;2-1-3/h1H;. The topological polar surface area (TPSA) is 34.1 Å². The summed E-state index contributed by atoms with van der Waals surface area (Å²) in [5.74, 6) is 0. The van der Waals surface area contributed by atoms with Gasteiger partial charge in [-0.2, -0.15) is 0 Å². The summed E-state index contributed by atoms with van der Waals surface area (Å²) in [7, 11) is 0. The molecule has 4 heavy (non-hydrogen) atoms. The van der Waals surface area contributed by atoms with E-state index in [0.717, 1.165) is 0 Å². The van der Waals surface area contributed by atoms with Crippen molar-refractivity contribution in [2.24, 2.45) is 0 Å². The van der Waals surface area contributed by atoms with Crippen molar-refractivity contribution in [2.75, 3.05) is 0 Å². The van der Waals surface area contributed by atoms with Gasteiger partial charge in [0.15, 0.2) is 0 Å². The van der Waals surface area contributed by atoms with E-state index in [0.29, 0.717) is 0 Å². The molecule has 0 fully saturated rings. The molecule has 0 aromatic heterocycles. The maximum absolute atomic E-state index is 8.50. The molecule has 0 radical (unpaired) electrons. The van der Waals surface area contributed by atoms with Crippen molar-refractivity contribution in [1.82, 2.24) is 0 Å². The Bertz CT molecular complexity index is 30.6. The van der Waals surface area contributed by atoms with Gasteiger partial charge in [-0.15, -0.1) is 0 Å². The first-order chi connectivity index (χ1) is 1.41. The summed E-state index contributed by atoms with van der Waals surface area (Å²) in [6, 6.07) is 0. The molecule has 2 nitrogen and oxygen atoms in total. The van der Waals surface area contributed by atoms with Gasteiger partial charge in [-0.1, -0.05) is 0 Å². The van der Waals surface area contributed by atoms with Crippen LogP contribution in [-0.4, -0.2) is 15.3 Å². The van der Waals surface area contributed by atoms with Gasteiger partial charge in [0.25, 0.3) is 0 Å². The third-order valence-electron chi connectivity index (χ3n) is 0. The first kappa shape index (κ1) is 8.83. The Labute approximate surface area is 37.4 Å². The predicted octanol–water partition coefficient (Wildman–Crippen LogP) is -3.50. The fraction of sp³-hybridized carbons (Fsp3) is 0. The first-order valence-corrected chi connectivity index (χ1v) is 2.12. The molecule has 0 atom stereocenters. The molecule has 0 saturated heterocycles. The van der Waals surface area contributed by atoms with Gasteiger partial charge < -0.3 is 12.4 Å². The molecule has 0 N–H and O–H groups in total. The van der Waals surface area contributed by atoms with Crippen molar-refractivity contribution in [2.45, 2.75) is 0 Å². The molecule has 0 aliphatic carbocycles. The maximum atomic E-state index is 8.50. The van der Waals surface area contributed by atoms with Crippen molar-refractivity contribution in [1.29, 1.82) is 0 Å². The minimum absolute atomic E-state index is 0. The average Bonchev–Trinajstić information content (AvgIpc) is 0.918. The Morgan fingerprint density at radius 1 is 1.50 bits per heavy atom. The normalized spacial score (nSPS) is 2.00. The van der Waals surface area contributed by atoms with Gasteiger partial charge in [0.1, 0.15) is 0 Å². The quantitative estimate of drug-likeness (QED) is 0.328. The van der Waals surface area contributed by atoms with Crippen LogP contribution in [0.2, 0.25) is 0 Å². The van der Waals surface area contributed by atoms with E-state index in [1.165, 1.54) is 0 Å². The zero-order valence-corrected chi connectivity index (χ0v) is 4.55. The summed E-state index contributed by atoms with van der Waals surface area (Å²) in [6.45, 7) is 0. The second-order valence-corrected chi connectivity index (χ2v) is 0.433. The van der Waals surface area contributed by atoms with Crippen molar-refractivity contribution in [3.05, 3.63) is 0 Å². The Kier molecular flexibility index (Phi) is 21.8. The van der Waals surface area contributed by atoms with Crippen molar-refractivity contribution >= 4 is 15.3 Å². The summed E-state index contributed by atoms with van der Waals surface area (Å²) in [6.07, 6.45) is 0. The zero-order chi connectivity index (χ0) is 2.71. The molecule has 0 amide bonds. The Balaban J connectivity index is -0.0000000200. The molecule has 4 heteroatoms. The first-order valence-electron chi connectivity index (χ1n) is 0.408. The Morgan fingerprint density at radius 2 is 1.50 bits per heavy atom. The molecule has 0 aliphatic rings. The van der Waals surface area contributed by atoms with Gasteiger partial charge in [-0.3, -0.25) is 0 Å². The summed E-state index contributed by atoms with van der Waals surface area (Å²) in [5, 5.41) is 0. The van der Waals surface area contributed by atoms with Crippen LogP contribution in [0.1, 0.15) is 1.43 Å². The molecular weight excluding hydrogens is 140 g/mol. The molecule has 0 spiro atoms. The van der Waals surface area contributed by atoms with E-state index in [9.17, 15) is 0 Å². The van der Waals surface area contributed by atoms with Gasteiger partial charge in [0, 0.05) is 0 Å². The zero-order valence-electron chi connectivity index (χ0n) is 2.69. The second-order valence-electron chi connectivity index (χ2n) is 0.0833. The molecule has 0 bridgehead atoms. The van der Waals surface area contributed by atoms with Gasteiger partial charge in [-0.05, 0) is 0 Å². The number of rotatable bonds is 0. The van der Waals surface area contributed by atoms with E-state index in [1.807, 2.05) is 0 Å². The van der Waals surface area contributed by atoms with E-state index in [-0.39, 0.29) is 13.8 Å². The van der Waals surface area contributed by atoms with E-state index in [2.05, 4.69) is 0 Å². The molecule has 0 aliphatic heterocycles. The van der Waals surface area contributed by atoms with Crippen molar-refractivity contribution < 1.29 is 21.4 Å². The van der Waals surface area contributed by atoms with Gasteiger partial charge in [0.2, 0.25) is 0 Å². The summed E-state index contributed by atoms with van der Waals surface area (Å²) >= 11 is -2.00. The number of hydrogen-bond acceptors (Lipinski definition) is 2. The monoisotopic (exact) mass is 142 g/mol. The molecule has 0 saturated carbocycles. The van der Waals surface area contributed by atoms with Crippen LogP contribution in [0, 0.1) is 0 Å². The fourth-order valence-electron chi connectivity index (χ4n) is 0. The Morgan fingerprint density at radius 3 is 1.50 bits per heavy atom. The van der Waals surface area contributed by atoms with Crippen LogP contribution in [0.15, 0.2) is 0 Å². The van der Waals surface area contributed by atoms with Gasteiger partial charge >= 0.3 is 24.3 Å². The number of halogens is 1. The Hall–Kier alpha value is 0.433. The van der Waals surface area contributed by atoms with Crippen molar-refractivity contribution in [3.63, 3.8) is 0 Å². The van der Waals surface area contributed by atoms with E-state index in [4.69, 9.17) is 7.56 Å². The van der Waals surface area contributed by atoms with Crippen LogP contribution in [0.3, 0.4) is 0 Å². The summed E-state index contributed by atoms with van der Waals surface area (Å²) < 4.78 is 17.0. The average molecular weight is 141 g/mol. The van der Waals surface area contributed by atoms with Crippen LogP contribution in [0.25, 0.3) is 0 Å². The third-order valence-corrected chi connectivity index (χ3v) is 0. The number of hydrogen-bond donors (Lipinski definition) is 0. The second kappa shape index (κ2) is 9.90. The molecule has 0 aromatic rings.